The lowest BCUT2D eigenvalue weighted by Gasteiger charge is -2.09. The number of carbonyl (C=O) groups is 1. The summed E-state index contributed by atoms with van der Waals surface area (Å²) in [5, 5.41) is 0.155. The van der Waals surface area contributed by atoms with Crippen LogP contribution in [0.3, 0.4) is 0 Å². The van der Waals surface area contributed by atoms with Gasteiger partial charge in [0.25, 0.3) is 0 Å². The number of para-hydroxylation sites is 1. The van der Waals surface area contributed by atoms with E-state index in [-0.39, 0.29) is 11.0 Å². The molecular weight excluding hydrogens is 245 g/mol. The molecule has 0 fully saturated rings. The standard InChI is InChI=1S/C11H7BF2O4/c1-6(15)9-10(18-12(13)14)7-4-2-3-5-8(7)17-11(9)16/h2-5H,1H3. The van der Waals surface area contributed by atoms with Crippen molar-refractivity contribution in [1.82, 2.24) is 0 Å². The van der Waals surface area contributed by atoms with Gasteiger partial charge in [-0.25, -0.2) is 13.4 Å². The molecule has 0 spiro atoms. The fourth-order valence-corrected chi connectivity index (χ4v) is 1.64. The van der Waals surface area contributed by atoms with Gasteiger partial charge in [-0.15, -0.1) is 0 Å². The normalized spacial score (nSPS) is 10.4. The molecule has 4 nitrogen and oxygen atoms in total. The third kappa shape index (κ3) is 2.11. The largest absolute Gasteiger partial charge is 0.796 e. The second-order valence-corrected chi connectivity index (χ2v) is 3.52. The number of hydrogen-bond acceptors (Lipinski definition) is 4. The van der Waals surface area contributed by atoms with E-state index >= 15 is 0 Å². The topological polar surface area (TPSA) is 56.5 Å². The highest BCUT2D eigenvalue weighted by Gasteiger charge is 2.26. The van der Waals surface area contributed by atoms with Crippen LogP contribution in [0, 0.1) is 0 Å². The molecule has 0 saturated heterocycles. The zero-order chi connectivity index (χ0) is 13.3. The van der Waals surface area contributed by atoms with Gasteiger partial charge in [-0.05, 0) is 19.1 Å². The number of fused-ring (bicyclic) bond motifs is 1. The molecule has 0 aliphatic rings. The second-order valence-electron chi connectivity index (χ2n) is 3.52. The van der Waals surface area contributed by atoms with Gasteiger partial charge in [-0.1, -0.05) is 12.1 Å². The number of halogens is 2. The van der Waals surface area contributed by atoms with Gasteiger partial charge in [0.05, 0.1) is 5.39 Å². The van der Waals surface area contributed by atoms with Gasteiger partial charge in [0.1, 0.15) is 16.9 Å². The molecule has 0 aliphatic heterocycles. The summed E-state index contributed by atoms with van der Waals surface area (Å²) in [4.78, 5) is 22.9. The van der Waals surface area contributed by atoms with Crippen molar-refractivity contribution in [2.75, 3.05) is 0 Å². The predicted octanol–water partition coefficient (Wildman–Crippen LogP) is 2.30. The Morgan fingerprint density at radius 1 is 1.33 bits per heavy atom. The molecule has 0 radical (unpaired) electrons. The van der Waals surface area contributed by atoms with E-state index in [0.29, 0.717) is 0 Å². The van der Waals surface area contributed by atoms with Gasteiger partial charge in [-0.3, -0.25) is 4.79 Å². The van der Waals surface area contributed by atoms with E-state index in [1.807, 2.05) is 0 Å². The van der Waals surface area contributed by atoms with E-state index in [9.17, 15) is 18.2 Å². The molecule has 0 atom stereocenters. The summed E-state index contributed by atoms with van der Waals surface area (Å²) in [7, 11) is -3.13. The first-order valence-electron chi connectivity index (χ1n) is 5.02. The SMILES string of the molecule is CC(=O)c1c(OB(F)F)c2ccccc2oc1=O. The first-order valence-corrected chi connectivity index (χ1v) is 5.02. The summed E-state index contributed by atoms with van der Waals surface area (Å²) in [6.07, 6.45) is 0. The third-order valence-electron chi connectivity index (χ3n) is 2.32. The fourth-order valence-electron chi connectivity index (χ4n) is 1.64. The minimum atomic E-state index is -3.13. The van der Waals surface area contributed by atoms with Crippen LogP contribution in [-0.4, -0.2) is 13.3 Å². The Balaban J connectivity index is 2.85. The van der Waals surface area contributed by atoms with E-state index in [1.165, 1.54) is 12.1 Å². The van der Waals surface area contributed by atoms with Crippen LogP contribution in [-0.2, 0) is 0 Å². The maximum Gasteiger partial charge on any atom is 0.796 e. The quantitative estimate of drug-likeness (QED) is 0.477. The molecule has 0 bridgehead atoms. The minimum absolute atomic E-state index is 0.0863. The predicted molar refractivity (Wildman–Crippen MR) is 61.1 cm³/mol. The van der Waals surface area contributed by atoms with Crippen LogP contribution in [0.15, 0.2) is 33.5 Å². The number of rotatable bonds is 3. The number of carbonyl (C=O) groups excluding carboxylic acids is 1. The van der Waals surface area contributed by atoms with Gasteiger partial charge in [-0.2, -0.15) is 0 Å². The highest BCUT2D eigenvalue weighted by atomic mass is 19.2. The van der Waals surface area contributed by atoms with E-state index in [0.717, 1.165) is 6.92 Å². The van der Waals surface area contributed by atoms with Crippen molar-refractivity contribution >= 4 is 24.2 Å². The fraction of sp³-hybridized carbons (Fsp3) is 0.0909. The zero-order valence-electron chi connectivity index (χ0n) is 9.28. The smallest absolute Gasteiger partial charge is 0.504 e. The van der Waals surface area contributed by atoms with Crippen LogP contribution >= 0.6 is 0 Å². The van der Waals surface area contributed by atoms with Crippen LogP contribution in [0.2, 0.25) is 0 Å². The average molecular weight is 252 g/mol. The number of benzene rings is 1. The zero-order valence-corrected chi connectivity index (χ0v) is 9.28. The van der Waals surface area contributed by atoms with Crippen molar-refractivity contribution in [2.45, 2.75) is 6.92 Å². The Hall–Kier alpha value is -2.18. The maximum atomic E-state index is 12.4. The lowest BCUT2D eigenvalue weighted by atomic mass is 10.1. The van der Waals surface area contributed by atoms with E-state index in [1.54, 1.807) is 12.1 Å². The Bertz CT molecular complexity index is 666. The van der Waals surface area contributed by atoms with E-state index in [2.05, 4.69) is 4.65 Å². The van der Waals surface area contributed by atoms with Crippen molar-refractivity contribution in [1.29, 1.82) is 0 Å². The molecule has 1 aromatic carbocycles. The summed E-state index contributed by atoms with van der Waals surface area (Å²) in [6.45, 7) is 1.08. The molecule has 7 heteroatoms. The van der Waals surface area contributed by atoms with Crippen LogP contribution in [0.4, 0.5) is 8.63 Å². The Morgan fingerprint density at radius 2 is 2.00 bits per heavy atom. The second kappa shape index (κ2) is 4.60. The van der Waals surface area contributed by atoms with E-state index < -0.39 is 30.2 Å². The Morgan fingerprint density at radius 3 is 2.61 bits per heavy atom. The number of ketones is 1. The molecule has 0 saturated carbocycles. The third-order valence-corrected chi connectivity index (χ3v) is 2.32. The van der Waals surface area contributed by atoms with Crippen molar-refractivity contribution in [3.8, 4) is 5.75 Å². The molecule has 2 rings (SSSR count). The summed E-state index contributed by atoms with van der Waals surface area (Å²) >= 11 is 0. The first kappa shape index (κ1) is 12.3. The van der Waals surface area contributed by atoms with Crippen molar-refractivity contribution in [2.24, 2.45) is 0 Å². The van der Waals surface area contributed by atoms with Gasteiger partial charge < -0.3 is 9.07 Å². The molecule has 92 valence electrons. The molecule has 0 aliphatic carbocycles. The molecule has 1 heterocycles. The molecule has 0 N–H and O–H groups in total. The highest BCUT2D eigenvalue weighted by molar-refractivity contribution is 6.36. The number of Topliss-reactive ketones (excluding diaryl/α,β-unsaturated/α-hetero) is 1. The van der Waals surface area contributed by atoms with E-state index in [4.69, 9.17) is 4.42 Å². The van der Waals surface area contributed by atoms with Crippen molar-refractivity contribution < 1.29 is 22.5 Å². The van der Waals surface area contributed by atoms with Gasteiger partial charge in [0.2, 0.25) is 0 Å². The van der Waals surface area contributed by atoms with Gasteiger partial charge >= 0.3 is 13.1 Å². The van der Waals surface area contributed by atoms with Crippen molar-refractivity contribution in [3.63, 3.8) is 0 Å². The summed E-state index contributed by atoms with van der Waals surface area (Å²) in [5.74, 6) is -1.13. The molecule has 1 aromatic heterocycles. The molecule has 2 aromatic rings. The monoisotopic (exact) mass is 252 g/mol. The summed E-state index contributed by atoms with van der Waals surface area (Å²) < 4.78 is 33.9. The minimum Gasteiger partial charge on any atom is -0.504 e. The van der Waals surface area contributed by atoms with Crippen LogP contribution < -0.4 is 10.3 Å². The molecule has 0 amide bonds. The van der Waals surface area contributed by atoms with Gasteiger partial charge in [0, 0.05) is 0 Å². The van der Waals surface area contributed by atoms with Crippen LogP contribution in [0.25, 0.3) is 11.0 Å². The Labute approximate surface area is 100 Å². The number of hydrogen-bond donors (Lipinski definition) is 0. The van der Waals surface area contributed by atoms with Gasteiger partial charge in [0.15, 0.2) is 5.78 Å². The summed E-state index contributed by atoms with van der Waals surface area (Å²) in [6, 6.07) is 6.00. The summed E-state index contributed by atoms with van der Waals surface area (Å²) in [5.41, 5.74) is -1.41. The van der Waals surface area contributed by atoms with Crippen molar-refractivity contribution in [3.05, 3.63) is 40.2 Å². The van der Waals surface area contributed by atoms with Crippen LogP contribution in [0.1, 0.15) is 17.3 Å². The lowest BCUT2D eigenvalue weighted by molar-refractivity contribution is 0.101. The lowest BCUT2D eigenvalue weighted by Crippen LogP contribution is -2.18. The molecule has 18 heavy (non-hydrogen) atoms. The first-order chi connectivity index (χ1) is 8.50. The molecule has 0 unspecified atom stereocenters. The van der Waals surface area contributed by atoms with Crippen LogP contribution in [0.5, 0.6) is 5.75 Å². The average Bonchev–Trinajstić information content (AvgIpc) is 2.27. The Kier molecular flexibility index (Phi) is 3.14. The molecular formula is C11H7BF2O4. The maximum absolute atomic E-state index is 12.4. The highest BCUT2D eigenvalue weighted by Crippen LogP contribution is 2.28.